The topological polar surface area (TPSA) is 98.5 Å². The molecule has 0 amide bonds. The molecule has 2 aromatic rings. The lowest BCUT2D eigenvalue weighted by Gasteiger charge is -2.13. The Kier molecular flexibility index (Phi) is 5.09. The van der Waals surface area contributed by atoms with Gasteiger partial charge < -0.3 is 4.74 Å². The van der Waals surface area contributed by atoms with Gasteiger partial charge in [0.1, 0.15) is 10.6 Å². The number of halogens is 1. The van der Waals surface area contributed by atoms with Gasteiger partial charge in [0.05, 0.1) is 17.7 Å². The molecule has 2 rings (SSSR count). The van der Waals surface area contributed by atoms with Gasteiger partial charge in [0.25, 0.3) is 15.7 Å². The molecule has 0 spiro atoms. The van der Waals surface area contributed by atoms with Crippen LogP contribution in [-0.2, 0) is 10.0 Å². The first-order valence-electron chi connectivity index (χ1n) is 6.36. The molecule has 0 heterocycles. The van der Waals surface area contributed by atoms with E-state index in [1.54, 1.807) is 19.1 Å². The van der Waals surface area contributed by atoms with Crippen LogP contribution in [0.3, 0.4) is 0 Å². The van der Waals surface area contributed by atoms with Crippen molar-refractivity contribution < 1.29 is 18.1 Å². The third kappa shape index (κ3) is 3.91. The molecule has 2 aromatic carbocycles. The molecule has 9 heteroatoms. The van der Waals surface area contributed by atoms with Gasteiger partial charge in [0, 0.05) is 15.7 Å². The van der Waals surface area contributed by atoms with Crippen LogP contribution < -0.4 is 9.46 Å². The maximum Gasteiger partial charge on any atom is 0.271 e. The Hall–Kier alpha value is -1.88. The van der Waals surface area contributed by atoms with Crippen LogP contribution in [0.5, 0.6) is 5.75 Å². The van der Waals surface area contributed by atoms with Gasteiger partial charge in [-0.2, -0.15) is 0 Å². The molecule has 0 aromatic heterocycles. The molecule has 0 unspecified atom stereocenters. The Balaban J connectivity index is 2.50. The summed E-state index contributed by atoms with van der Waals surface area (Å²) in [5.74, 6) is 0.0336. The van der Waals surface area contributed by atoms with Gasteiger partial charge in [-0.3, -0.25) is 14.8 Å². The summed E-state index contributed by atoms with van der Waals surface area (Å²) in [6.45, 7) is 1.77. The standard InChI is InChI=1S/C14H13IN2O5S/c1-9-7-10(15)3-5-12(9)16-23(20,21)14-8-11(17(18)19)4-6-13(14)22-2/h3-8,16H,1-2H3. The van der Waals surface area contributed by atoms with Crippen molar-refractivity contribution in [1.29, 1.82) is 0 Å². The number of non-ortho nitro benzene ring substituents is 1. The lowest BCUT2D eigenvalue weighted by molar-refractivity contribution is -0.385. The summed E-state index contributed by atoms with van der Waals surface area (Å²) < 4.78 is 33.6. The van der Waals surface area contributed by atoms with E-state index in [2.05, 4.69) is 27.3 Å². The maximum absolute atomic E-state index is 12.6. The summed E-state index contributed by atoms with van der Waals surface area (Å²) in [6.07, 6.45) is 0. The second-order valence-corrected chi connectivity index (χ2v) is 7.55. The zero-order chi connectivity index (χ0) is 17.2. The van der Waals surface area contributed by atoms with Gasteiger partial charge in [-0.15, -0.1) is 0 Å². The predicted octanol–water partition coefficient (Wildman–Crippen LogP) is 3.32. The summed E-state index contributed by atoms with van der Waals surface area (Å²) in [7, 11) is -2.73. The minimum Gasteiger partial charge on any atom is -0.495 e. The van der Waals surface area contributed by atoms with Crippen molar-refractivity contribution in [2.75, 3.05) is 11.8 Å². The Bertz CT molecular complexity index is 867. The van der Waals surface area contributed by atoms with E-state index in [1.165, 1.54) is 19.2 Å². The number of ether oxygens (including phenoxy) is 1. The molecule has 0 fully saturated rings. The number of nitro groups is 1. The molecule has 0 radical (unpaired) electrons. The average Bonchev–Trinajstić information content (AvgIpc) is 2.49. The van der Waals surface area contributed by atoms with E-state index in [-0.39, 0.29) is 16.3 Å². The number of anilines is 1. The Morgan fingerprint density at radius 3 is 2.48 bits per heavy atom. The lowest BCUT2D eigenvalue weighted by Crippen LogP contribution is -2.15. The number of nitrogens with zero attached hydrogens (tertiary/aromatic N) is 1. The first-order valence-corrected chi connectivity index (χ1v) is 8.92. The van der Waals surface area contributed by atoms with Crippen molar-refractivity contribution in [3.05, 3.63) is 55.6 Å². The van der Waals surface area contributed by atoms with Crippen LogP contribution >= 0.6 is 22.6 Å². The van der Waals surface area contributed by atoms with Crippen LogP contribution in [0.4, 0.5) is 11.4 Å². The summed E-state index contributed by atoms with van der Waals surface area (Å²) in [6, 6.07) is 8.64. The molecule has 122 valence electrons. The van der Waals surface area contributed by atoms with E-state index >= 15 is 0 Å². The van der Waals surface area contributed by atoms with Crippen molar-refractivity contribution in [2.24, 2.45) is 0 Å². The zero-order valence-electron chi connectivity index (χ0n) is 12.2. The highest BCUT2D eigenvalue weighted by Gasteiger charge is 2.23. The SMILES string of the molecule is COc1ccc([N+](=O)[O-])cc1S(=O)(=O)Nc1ccc(I)cc1C. The zero-order valence-corrected chi connectivity index (χ0v) is 15.2. The monoisotopic (exact) mass is 448 g/mol. The Morgan fingerprint density at radius 1 is 1.22 bits per heavy atom. The highest BCUT2D eigenvalue weighted by molar-refractivity contribution is 14.1. The second-order valence-electron chi connectivity index (χ2n) is 4.66. The largest absolute Gasteiger partial charge is 0.495 e. The molecular weight excluding hydrogens is 435 g/mol. The first-order chi connectivity index (χ1) is 10.7. The van der Waals surface area contributed by atoms with Crippen LogP contribution in [0.25, 0.3) is 0 Å². The van der Waals surface area contributed by atoms with Crippen LogP contribution in [0.1, 0.15) is 5.56 Å². The van der Waals surface area contributed by atoms with E-state index in [9.17, 15) is 18.5 Å². The van der Waals surface area contributed by atoms with Gasteiger partial charge in [-0.25, -0.2) is 8.42 Å². The first kappa shape index (κ1) is 17.5. The number of rotatable bonds is 5. The number of methoxy groups -OCH3 is 1. The smallest absolute Gasteiger partial charge is 0.271 e. The number of sulfonamides is 1. The summed E-state index contributed by atoms with van der Waals surface area (Å²) in [4.78, 5) is 9.94. The van der Waals surface area contributed by atoms with Gasteiger partial charge in [-0.1, -0.05) is 0 Å². The predicted molar refractivity (Wildman–Crippen MR) is 94.4 cm³/mol. The van der Waals surface area contributed by atoms with Crippen molar-refractivity contribution in [1.82, 2.24) is 0 Å². The van der Waals surface area contributed by atoms with E-state index in [1.807, 2.05) is 6.07 Å². The highest BCUT2D eigenvalue weighted by Crippen LogP contribution is 2.30. The highest BCUT2D eigenvalue weighted by atomic mass is 127. The van der Waals surface area contributed by atoms with Gasteiger partial charge in [0.15, 0.2) is 0 Å². The molecule has 0 saturated heterocycles. The molecule has 1 N–H and O–H groups in total. The van der Waals surface area contributed by atoms with Crippen molar-refractivity contribution in [2.45, 2.75) is 11.8 Å². The van der Waals surface area contributed by atoms with E-state index in [4.69, 9.17) is 4.74 Å². The minimum absolute atomic E-state index is 0.0336. The molecule has 0 saturated carbocycles. The Labute approximate surface area is 147 Å². The minimum atomic E-state index is -4.03. The van der Waals surface area contributed by atoms with E-state index < -0.39 is 14.9 Å². The van der Waals surface area contributed by atoms with E-state index in [0.29, 0.717) is 5.69 Å². The van der Waals surface area contributed by atoms with Crippen LogP contribution in [0, 0.1) is 20.6 Å². The molecule has 0 atom stereocenters. The third-order valence-corrected chi connectivity index (χ3v) is 5.14. The van der Waals surface area contributed by atoms with Gasteiger partial charge >= 0.3 is 0 Å². The molecular formula is C14H13IN2O5S. The molecule has 0 bridgehead atoms. The molecule has 7 nitrogen and oxygen atoms in total. The van der Waals surface area contributed by atoms with Gasteiger partial charge in [-0.05, 0) is 59.3 Å². The van der Waals surface area contributed by atoms with Crippen molar-refractivity contribution in [3.63, 3.8) is 0 Å². The van der Waals surface area contributed by atoms with E-state index in [0.717, 1.165) is 15.2 Å². The quantitative estimate of drug-likeness (QED) is 0.430. The summed E-state index contributed by atoms with van der Waals surface area (Å²) in [5, 5.41) is 10.9. The number of nitrogens with one attached hydrogen (secondary N) is 1. The van der Waals surface area contributed by atoms with Crippen LogP contribution in [0.15, 0.2) is 41.3 Å². The fourth-order valence-electron chi connectivity index (χ4n) is 1.93. The lowest BCUT2D eigenvalue weighted by atomic mass is 10.2. The molecule has 23 heavy (non-hydrogen) atoms. The van der Waals surface area contributed by atoms with Crippen LogP contribution in [-0.4, -0.2) is 20.5 Å². The summed E-state index contributed by atoms with van der Waals surface area (Å²) >= 11 is 2.12. The average molecular weight is 448 g/mol. The number of benzene rings is 2. The molecule has 0 aliphatic rings. The van der Waals surface area contributed by atoms with Gasteiger partial charge in [0.2, 0.25) is 0 Å². The molecule has 0 aliphatic carbocycles. The van der Waals surface area contributed by atoms with Crippen molar-refractivity contribution in [3.8, 4) is 5.75 Å². The summed E-state index contributed by atoms with van der Waals surface area (Å²) in [5.41, 5.74) is 0.814. The third-order valence-electron chi connectivity index (χ3n) is 3.08. The molecule has 0 aliphatic heterocycles. The Morgan fingerprint density at radius 2 is 1.91 bits per heavy atom. The van der Waals surface area contributed by atoms with Crippen molar-refractivity contribution >= 4 is 44.0 Å². The fourth-order valence-corrected chi connectivity index (χ4v) is 3.90. The maximum atomic E-state index is 12.6. The van der Waals surface area contributed by atoms with Crippen LogP contribution in [0.2, 0.25) is 0 Å². The number of aryl methyl sites for hydroxylation is 1. The number of nitro benzene ring substituents is 1. The second kappa shape index (κ2) is 6.71. The normalized spacial score (nSPS) is 11.1. The number of hydrogen-bond donors (Lipinski definition) is 1. The number of hydrogen-bond acceptors (Lipinski definition) is 5. The fraction of sp³-hybridized carbons (Fsp3) is 0.143.